The van der Waals surface area contributed by atoms with Crippen LogP contribution in [-0.2, 0) is 4.57 Å². The highest BCUT2D eigenvalue weighted by Crippen LogP contribution is 2.32. The Bertz CT molecular complexity index is 535. The number of hydrogen-bond donors (Lipinski definition) is 1. The third-order valence-electron chi connectivity index (χ3n) is 2.57. The first-order chi connectivity index (χ1) is 8.09. The molecule has 2 heterocycles. The number of pyridine rings is 1. The van der Waals surface area contributed by atoms with Crippen molar-refractivity contribution >= 4 is 7.95 Å². The molecule has 17 heavy (non-hydrogen) atoms. The molecule has 0 bridgehead atoms. The first-order valence-corrected chi connectivity index (χ1v) is 6.97. The highest BCUT2D eigenvalue weighted by atomic mass is 31.1. The average Bonchev–Trinajstić information content (AvgIpc) is 2.75. The highest BCUT2D eigenvalue weighted by molar-refractivity contribution is 7.42. The van der Waals surface area contributed by atoms with Gasteiger partial charge in [-0.25, -0.2) is 0 Å². The van der Waals surface area contributed by atoms with Crippen molar-refractivity contribution in [2.75, 3.05) is 6.66 Å². The molecule has 0 radical (unpaired) electrons. The maximum atomic E-state index is 11.6. The SMILES string of the molecule is CC(O)c1cc(-c2ccncc2)cn1[P+](C)=O. The predicted octanol–water partition coefficient (Wildman–Crippen LogP) is 2.82. The number of rotatable bonds is 3. The van der Waals surface area contributed by atoms with Gasteiger partial charge in [-0.2, -0.15) is 0 Å². The van der Waals surface area contributed by atoms with E-state index in [1.807, 2.05) is 18.2 Å². The molecule has 88 valence electrons. The molecule has 5 heteroatoms. The Morgan fingerprint density at radius 1 is 1.35 bits per heavy atom. The van der Waals surface area contributed by atoms with Crippen molar-refractivity contribution < 1.29 is 9.67 Å². The molecule has 2 aromatic heterocycles. The zero-order valence-electron chi connectivity index (χ0n) is 9.74. The fourth-order valence-corrected chi connectivity index (χ4v) is 2.56. The molecule has 0 aliphatic rings. The second-order valence-corrected chi connectivity index (χ2v) is 5.23. The number of aliphatic hydroxyl groups is 1. The second-order valence-electron chi connectivity index (χ2n) is 3.87. The Morgan fingerprint density at radius 3 is 2.47 bits per heavy atom. The van der Waals surface area contributed by atoms with Crippen LogP contribution in [0.2, 0.25) is 0 Å². The van der Waals surface area contributed by atoms with Crippen LogP contribution in [0.5, 0.6) is 0 Å². The highest BCUT2D eigenvalue weighted by Gasteiger charge is 2.20. The maximum Gasteiger partial charge on any atom is 0.462 e. The second kappa shape index (κ2) is 4.78. The molecule has 2 rings (SSSR count). The zero-order valence-corrected chi connectivity index (χ0v) is 10.6. The van der Waals surface area contributed by atoms with E-state index in [2.05, 4.69) is 4.98 Å². The van der Waals surface area contributed by atoms with Gasteiger partial charge in [-0.05, 0) is 35.3 Å². The predicted molar refractivity (Wildman–Crippen MR) is 67.2 cm³/mol. The molecule has 2 aromatic rings. The Morgan fingerprint density at radius 2 is 2.00 bits per heavy atom. The molecule has 0 aromatic carbocycles. The number of nitrogens with zero attached hydrogens (tertiary/aromatic N) is 2. The summed E-state index contributed by atoms with van der Waals surface area (Å²) in [7, 11) is -1.53. The third kappa shape index (κ3) is 2.43. The Balaban J connectivity index is 2.51. The molecule has 2 unspecified atom stereocenters. The summed E-state index contributed by atoms with van der Waals surface area (Å²) in [5.41, 5.74) is 2.60. The Hall–Kier alpha value is -1.51. The van der Waals surface area contributed by atoms with E-state index in [4.69, 9.17) is 0 Å². The van der Waals surface area contributed by atoms with Crippen LogP contribution >= 0.6 is 7.95 Å². The van der Waals surface area contributed by atoms with E-state index in [-0.39, 0.29) is 0 Å². The van der Waals surface area contributed by atoms with E-state index in [0.717, 1.165) is 11.1 Å². The lowest BCUT2D eigenvalue weighted by atomic mass is 10.1. The van der Waals surface area contributed by atoms with Gasteiger partial charge in [0.25, 0.3) is 0 Å². The molecule has 0 amide bonds. The minimum absolute atomic E-state index is 0.635. The van der Waals surface area contributed by atoms with Crippen LogP contribution in [0.3, 0.4) is 0 Å². The lowest BCUT2D eigenvalue weighted by Gasteiger charge is -2.00. The summed E-state index contributed by atoms with van der Waals surface area (Å²) in [5, 5.41) is 9.65. The van der Waals surface area contributed by atoms with Crippen LogP contribution in [0, 0.1) is 0 Å². The monoisotopic (exact) mass is 249 g/mol. The molecule has 0 aliphatic carbocycles. The first-order valence-electron chi connectivity index (χ1n) is 5.31. The van der Waals surface area contributed by atoms with E-state index < -0.39 is 14.1 Å². The van der Waals surface area contributed by atoms with Gasteiger partial charge < -0.3 is 5.11 Å². The van der Waals surface area contributed by atoms with Gasteiger partial charge in [0.1, 0.15) is 0 Å². The van der Waals surface area contributed by atoms with E-state index in [1.54, 1.807) is 36.5 Å². The van der Waals surface area contributed by atoms with Crippen molar-refractivity contribution in [3.05, 3.63) is 42.5 Å². The largest absolute Gasteiger partial charge is 0.462 e. The summed E-state index contributed by atoms with van der Waals surface area (Å²) in [6, 6.07) is 5.62. The van der Waals surface area contributed by atoms with Crippen molar-refractivity contribution in [3.63, 3.8) is 0 Å². The summed E-state index contributed by atoms with van der Waals surface area (Å²) in [4.78, 5) is 3.96. The lowest BCUT2D eigenvalue weighted by Crippen LogP contribution is -1.97. The third-order valence-corrected chi connectivity index (χ3v) is 3.53. The number of aromatic nitrogens is 2. The van der Waals surface area contributed by atoms with Gasteiger partial charge in [-0.15, -0.1) is 4.34 Å². The molecular weight excluding hydrogens is 235 g/mol. The molecule has 0 saturated heterocycles. The molecule has 1 N–H and O–H groups in total. The first kappa shape index (κ1) is 12.0. The normalized spacial score (nSPS) is 13.5. The quantitative estimate of drug-likeness (QED) is 0.851. The van der Waals surface area contributed by atoms with E-state index in [0.29, 0.717) is 5.69 Å². The molecular formula is C12H14N2O2P+. The van der Waals surface area contributed by atoms with Gasteiger partial charge in [-0.1, -0.05) is 0 Å². The number of aliphatic hydroxyl groups excluding tert-OH is 1. The van der Waals surface area contributed by atoms with Crippen LogP contribution in [0.25, 0.3) is 11.1 Å². The van der Waals surface area contributed by atoms with Crippen molar-refractivity contribution in [3.8, 4) is 11.1 Å². The van der Waals surface area contributed by atoms with Gasteiger partial charge in [0, 0.05) is 18.0 Å². The standard InChI is InChI=1S/C12H14N2O2P/c1-9(15)12-7-11(8-14(12)17(2)16)10-3-5-13-6-4-10/h3-9,15H,1-2H3/q+1. The summed E-state index contributed by atoms with van der Waals surface area (Å²) in [5.74, 6) is 0. The summed E-state index contributed by atoms with van der Waals surface area (Å²) < 4.78 is 13.2. The van der Waals surface area contributed by atoms with Gasteiger partial charge in [-0.3, -0.25) is 4.98 Å². The van der Waals surface area contributed by atoms with Crippen LogP contribution in [0.15, 0.2) is 36.8 Å². The molecule has 0 spiro atoms. The van der Waals surface area contributed by atoms with Crippen molar-refractivity contribution in [2.45, 2.75) is 13.0 Å². The van der Waals surface area contributed by atoms with Crippen molar-refractivity contribution in [1.29, 1.82) is 0 Å². The summed E-state index contributed by atoms with van der Waals surface area (Å²) in [6.07, 6.45) is 4.58. The summed E-state index contributed by atoms with van der Waals surface area (Å²) >= 11 is 0. The molecule has 0 aliphatic heterocycles. The smallest absolute Gasteiger partial charge is 0.387 e. The van der Waals surface area contributed by atoms with Crippen LogP contribution in [-0.4, -0.2) is 21.1 Å². The molecule has 4 nitrogen and oxygen atoms in total. The zero-order chi connectivity index (χ0) is 12.4. The minimum atomic E-state index is -1.53. The van der Waals surface area contributed by atoms with E-state index in [1.165, 1.54) is 0 Å². The molecule has 0 saturated carbocycles. The molecule has 0 fully saturated rings. The van der Waals surface area contributed by atoms with Crippen molar-refractivity contribution in [1.82, 2.24) is 9.32 Å². The Labute approximate surface area is 101 Å². The minimum Gasteiger partial charge on any atom is -0.387 e. The van der Waals surface area contributed by atoms with Crippen molar-refractivity contribution in [2.24, 2.45) is 0 Å². The lowest BCUT2D eigenvalue weighted by molar-refractivity contribution is 0.193. The van der Waals surface area contributed by atoms with Crippen LogP contribution in [0.4, 0.5) is 0 Å². The fourth-order valence-electron chi connectivity index (χ4n) is 1.73. The van der Waals surface area contributed by atoms with Gasteiger partial charge in [0.05, 0.1) is 18.0 Å². The van der Waals surface area contributed by atoms with Gasteiger partial charge >= 0.3 is 7.95 Å². The Kier molecular flexibility index (Phi) is 3.36. The molecule has 2 atom stereocenters. The van der Waals surface area contributed by atoms with Crippen LogP contribution < -0.4 is 0 Å². The van der Waals surface area contributed by atoms with E-state index >= 15 is 0 Å². The van der Waals surface area contributed by atoms with Gasteiger partial charge in [0.2, 0.25) is 0 Å². The maximum absolute atomic E-state index is 11.6. The van der Waals surface area contributed by atoms with E-state index in [9.17, 15) is 9.67 Å². The van der Waals surface area contributed by atoms with Gasteiger partial charge in [0.15, 0.2) is 6.66 Å². The summed E-state index contributed by atoms with van der Waals surface area (Å²) in [6.45, 7) is 3.29. The topological polar surface area (TPSA) is 55.1 Å². The van der Waals surface area contributed by atoms with Crippen LogP contribution in [0.1, 0.15) is 18.7 Å². The number of hydrogen-bond acceptors (Lipinski definition) is 3. The fraction of sp³-hybridized carbons (Fsp3) is 0.250. The average molecular weight is 249 g/mol.